The summed E-state index contributed by atoms with van der Waals surface area (Å²) in [7, 11) is 0. The Bertz CT molecular complexity index is 501. The second-order valence-corrected chi connectivity index (χ2v) is 7.14. The van der Waals surface area contributed by atoms with Crippen molar-refractivity contribution < 1.29 is 0 Å². The highest BCUT2D eigenvalue weighted by molar-refractivity contribution is 9.09. The fourth-order valence-corrected chi connectivity index (χ4v) is 4.73. The molecule has 0 aliphatic rings. The zero-order chi connectivity index (χ0) is 13.1. The number of hydrogen-bond donors (Lipinski definition) is 0. The quantitative estimate of drug-likeness (QED) is 0.606. The van der Waals surface area contributed by atoms with Gasteiger partial charge in [-0.05, 0) is 37.5 Å². The molecule has 0 amide bonds. The number of rotatable bonds is 4. The van der Waals surface area contributed by atoms with E-state index in [2.05, 4.69) is 73.1 Å². The van der Waals surface area contributed by atoms with Crippen LogP contribution in [0.5, 0.6) is 0 Å². The summed E-state index contributed by atoms with van der Waals surface area (Å²) in [4.78, 5) is 3.24. The number of alkyl halides is 1. The molecule has 1 aromatic carbocycles. The first-order valence-electron chi connectivity index (χ1n) is 6.39. The van der Waals surface area contributed by atoms with Gasteiger partial charge in [0.05, 0.1) is 0 Å². The summed E-state index contributed by atoms with van der Waals surface area (Å²) in [5, 5.41) is 0. The highest BCUT2D eigenvalue weighted by Gasteiger charge is 2.23. The Hall–Kier alpha value is -0.600. The van der Waals surface area contributed by atoms with Crippen LogP contribution in [-0.2, 0) is 0 Å². The molecule has 0 bridgehead atoms. The first kappa shape index (κ1) is 13.8. The molecule has 1 aromatic heterocycles. The third-order valence-corrected chi connectivity index (χ3v) is 5.51. The molecule has 1 heterocycles. The van der Waals surface area contributed by atoms with Crippen molar-refractivity contribution in [3.8, 4) is 0 Å². The van der Waals surface area contributed by atoms with Crippen LogP contribution in [0.25, 0.3) is 0 Å². The predicted octanol–water partition coefficient (Wildman–Crippen LogP) is 5.99. The van der Waals surface area contributed by atoms with Crippen molar-refractivity contribution in [2.24, 2.45) is 0 Å². The van der Waals surface area contributed by atoms with Crippen LogP contribution in [0, 0.1) is 13.8 Å². The Labute approximate surface area is 122 Å². The largest absolute Gasteiger partial charge is 0.146 e. The molecule has 0 aliphatic heterocycles. The average molecular weight is 323 g/mol. The first-order valence-corrected chi connectivity index (χ1v) is 8.12. The van der Waals surface area contributed by atoms with E-state index in [9.17, 15) is 0 Å². The van der Waals surface area contributed by atoms with E-state index in [4.69, 9.17) is 0 Å². The Morgan fingerprint density at radius 3 is 2.33 bits per heavy atom. The fraction of sp³-hybridized carbons (Fsp3) is 0.375. The minimum atomic E-state index is 0.412. The summed E-state index contributed by atoms with van der Waals surface area (Å²) in [5.41, 5.74) is 2.87. The first-order chi connectivity index (χ1) is 8.63. The Balaban J connectivity index is 2.31. The van der Waals surface area contributed by atoms with Crippen LogP contribution in [0.1, 0.15) is 45.0 Å². The average Bonchev–Trinajstić information content (AvgIpc) is 2.70. The highest BCUT2D eigenvalue weighted by atomic mass is 79.9. The van der Waals surface area contributed by atoms with Crippen LogP contribution in [0.4, 0.5) is 0 Å². The number of thiophene rings is 1. The summed E-state index contributed by atoms with van der Waals surface area (Å²) >= 11 is 5.81. The smallest absolute Gasteiger partial charge is 0.0474 e. The van der Waals surface area contributed by atoms with Gasteiger partial charge in [0.15, 0.2) is 0 Å². The van der Waals surface area contributed by atoms with Crippen LogP contribution < -0.4 is 0 Å². The van der Waals surface area contributed by atoms with Crippen molar-refractivity contribution in [1.29, 1.82) is 0 Å². The molecule has 0 saturated carbocycles. The van der Waals surface area contributed by atoms with Crippen molar-refractivity contribution in [3.05, 3.63) is 57.3 Å². The fourth-order valence-electron chi connectivity index (χ4n) is 2.45. The van der Waals surface area contributed by atoms with E-state index in [1.165, 1.54) is 20.9 Å². The Kier molecular flexibility index (Phi) is 4.63. The maximum absolute atomic E-state index is 3.92. The number of hydrogen-bond acceptors (Lipinski definition) is 1. The van der Waals surface area contributed by atoms with Crippen molar-refractivity contribution in [1.82, 2.24) is 0 Å². The molecule has 0 saturated heterocycles. The Morgan fingerprint density at radius 2 is 1.83 bits per heavy atom. The molecule has 96 valence electrons. The van der Waals surface area contributed by atoms with Gasteiger partial charge in [-0.3, -0.25) is 0 Å². The van der Waals surface area contributed by atoms with Gasteiger partial charge >= 0.3 is 0 Å². The molecule has 2 atom stereocenters. The second kappa shape index (κ2) is 6.03. The van der Waals surface area contributed by atoms with Gasteiger partial charge in [-0.2, -0.15) is 0 Å². The third kappa shape index (κ3) is 2.86. The zero-order valence-corrected chi connectivity index (χ0v) is 13.5. The SMILES string of the molecule is CCC(c1ccccc1)C(Br)c1cc(C)sc1C. The van der Waals surface area contributed by atoms with Crippen molar-refractivity contribution >= 4 is 27.3 Å². The lowest BCUT2D eigenvalue weighted by Crippen LogP contribution is -2.05. The summed E-state index contributed by atoms with van der Waals surface area (Å²) < 4.78 is 0. The predicted molar refractivity (Wildman–Crippen MR) is 84.9 cm³/mol. The van der Waals surface area contributed by atoms with Gasteiger partial charge in [0.2, 0.25) is 0 Å². The standard InChI is InChI=1S/C16H19BrS/c1-4-14(13-8-6-5-7-9-13)16(17)15-10-11(2)18-12(15)3/h5-10,14,16H,4H2,1-3H3. The van der Waals surface area contributed by atoms with E-state index < -0.39 is 0 Å². The van der Waals surface area contributed by atoms with Crippen LogP contribution in [0.15, 0.2) is 36.4 Å². The van der Waals surface area contributed by atoms with E-state index in [1.54, 1.807) is 0 Å². The van der Waals surface area contributed by atoms with Gasteiger partial charge in [-0.1, -0.05) is 53.2 Å². The normalized spacial score (nSPS) is 14.4. The van der Waals surface area contributed by atoms with Gasteiger partial charge in [0, 0.05) is 20.5 Å². The zero-order valence-electron chi connectivity index (χ0n) is 11.1. The van der Waals surface area contributed by atoms with Gasteiger partial charge in [-0.25, -0.2) is 0 Å². The van der Waals surface area contributed by atoms with Gasteiger partial charge < -0.3 is 0 Å². The molecule has 0 spiro atoms. The minimum Gasteiger partial charge on any atom is -0.146 e. The molecule has 2 heteroatoms. The van der Waals surface area contributed by atoms with E-state index in [0.717, 1.165) is 6.42 Å². The van der Waals surface area contributed by atoms with E-state index in [-0.39, 0.29) is 0 Å². The van der Waals surface area contributed by atoms with E-state index >= 15 is 0 Å². The van der Waals surface area contributed by atoms with Crippen LogP contribution >= 0.6 is 27.3 Å². The lowest BCUT2D eigenvalue weighted by molar-refractivity contribution is 0.654. The number of aryl methyl sites for hydroxylation is 2. The maximum Gasteiger partial charge on any atom is 0.0474 e. The second-order valence-electron chi connectivity index (χ2n) is 4.70. The molecule has 2 rings (SSSR count). The van der Waals surface area contributed by atoms with E-state index in [0.29, 0.717) is 10.7 Å². The lowest BCUT2D eigenvalue weighted by Gasteiger charge is -2.22. The summed E-state index contributed by atoms with van der Waals surface area (Å²) in [6.45, 7) is 6.67. The molecule has 0 fully saturated rings. The molecule has 0 aliphatic carbocycles. The van der Waals surface area contributed by atoms with Crippen LogP contribution in [0.2, 0.25) is 0 Å². The summed E-state index contributed by atoms with van der Waals surface area (Å²) in [5.74, 6) is 0.541. The highest BCUT2D eigenvalue weighted by Crippen LogP contribution is 2.43. The van der Waals surface area contributed by atoms with Crippen molar-refractivity contribution in [2.75, 3.05) is 0 Å². The summed E-state index contributed by atoms with van der Waals surface area (Å²) in [6.07, 6.45) is 1.15. The summed E-state index contributed by atoms with van der Waals surface area (Å²) in [6, 6.07) is 13.1. The lowest BCUT2D eigenvalue weighted by atomic mass is 9.90. The monoisotopic (exact) mass is 322 g/mol. The molecule has 2 unspecified atom stereocenters. The topological polar surface area (TPSA) is 0 Å². The Morgan fingerprint density at radius 1 is 1.17 bits per heavy atom. The van der Waals surface area contributed by atoms with E-state index in [1.807, 2.05) is 11.3 Å². The molecule has 0 radical (unpaired) electrons. The number of benzene rings is 1. The van der Waals surface area contributed by atoms with Gasteiger partial charge in [0.1, 0.15) is 0 Å². The maximum atomic E-state index is 3.92. The van der Waals surface area contributed by atoms with Crippen molar-refractivity contribution in [3.63, 3.8) is 0 Å². The van der Waals surface area contributed by atoms with Gasteiger partial charge in [0.25, 0.3) is 0 Å². The molecular formula is C16H19BrS. The number of halogens is 1. The minimum absolute atomic E-state index is 0.412. The molecule has 0 N–H and O–H groups in total. The molecule has 18 heavy (non-hydrogen) atoms. The van der Waals surface area contributed by atoms with Gasteiger partial charge in [-0.15, -0.1) is 11.3 Å². The molecule has 0 nitrogen and oxygen atoms in total. The van der Waals surface area contributed by atoms with Crippen molar-refractivity contribution in [2.45, 2.75) is 37.9 Å². The molecule has 2 aromatic rings. The third-order valence-electron chi connectivity index (χ3n) is 3.40. The van der Waals surface area contributed by atoms with Crippen LogP contribution in [-0.4, -0.2) is 0 Å². The van der Waals surface area contributed by atoms with Crippen LogP contribution in [0.3, 0.4) is 0 Å². The molecular weight excluding hydrogens is 304 g/mol.